The van der Waals surface area contributed by atoms with Crippen molar-refractivity contribution < 1.29 is 4.79 Å². The predicted octanol–water partition coefficient (Wildman–Crippen LogP) is 1.21. The van der Waals surface area contributed by atoms with Gasteiger partial charge in [-0.3, -0.25) is 4.57 Å². The minimum atomic E-state index is -0.0270. The Labute approximate surface area is 136 Å². The molecule has 0 saturated heterocycles. The number of rotatable bonds is 6. The highest BCUT2D eigenvalue weighted by Gasteiger charge is 2.32. The minimum Gasteiger partial charge on any atom is -0.338 e. The zero-order chi connectivity index (χ0) is 16.4. The fraction of sp³-hybridized carbons (Fsp3) is 0.812. The van der Waals surface area contributed by atoms with Gasteiger partial charge in [-0.2, -0.15) is 5.10 Å². The van der Waals surface area contributed by atoms with E-state index >= 15 is 0 Å². The maximum absolute atomic E-state index is 12.2. The van der Waals surface area contributed by atoms with Crippen molar-refractivity contribution in [3.05, 3.63) is 16.3 Å². The normalized spacial score (nSPS) is 18.3. The lowest BCUT2D eigenvalue weighted by atomic mass is 10.2. The summed E-state index contributed by atoms with van der Waals surface area (Å²) in [5.41, 5.74) is -0.00880. The van der Waals surface area contributed by atoms with E-state index in [2.05, 4.69) is 17.3 Å². The zero-order valence-electron chi connectivity index (χ0n) is 14.1. The van der Waals surface area contributed by atoms with E-state index in [1.807, 2.05) is 7.05 Å². The van der Waals surface area contributed by atoms with Gasteiger partial charge in [0.15, 0.2) is 0 Å². The Morgan fingerprint density at radius 3 is 2.91 bits per heavy atom. The number of nitrogens with zero attached hydrogens (tertiary/aromatic N) is 4. The lowest BCUT2D eigenvalue weighted by Gasteiger charge is -2.25. The van der Waals surface area contributed by atoms with Crippen LogP contribution in [0.2, 0.25) is 0 Å². The first-order valence-corrected chi connectivity index (χ1v) is 8.75. The number of carbonyl (C=O) groups excluding carboxylic acids is 1. The molecule has 2 heterocycles. The van der Waals surface area contributed by atoms with Crippen molar-refractivity contribution in [2.75, 3.05) is 13.6 Å². The van der Waals surface area contributed by atoms with Crippen LogP contribution in [0.5, 0.6) is 0 Å². The quantitative estimate of drug-likeness (QED) is 0.801. The van der Waals surface area contributed by atoms with Gasteiger partial charge in [-0.15, -0.1) is 0 Å². The fourth-order valence-corrected chi connectivity index (χ4v) is 3.22. The van der Waals surface area contributed by atoms with Crippen LogP contribution in [-0.2, 0) is 19.5 Å². The van der Waals surface area contributed by atoms with Crippen LogP contribution in [0.3, 0.4) is 0 Å². The number of aryl methyl sites for hydroxylation is 2. The number of hydrogen-bond acceptors (Lipinski definition) is 3. The van der Waals surface area contributed by atoms with Crippen LogP contribution in [0.15, 0.2) is 4.79 Å². The maximum Gasteiger partial charge on any atom is 0.345 e. The highest BCUT2D eigenvalue weighted by Crippen LogP contribution is 2.34. The second-order valence-electron chi connectivity index (χ2n) is 6.81. The summed E-state index contributed by atoms with van der Waals surface area (Å²) in [6.45, 7) is 4.01. The Kier molecular flexibility index (Phi) is 4.73. The Hall–Kier alpha value is -1.79. The number of fused-ring (bicyclic) bond motifs is 1. The molecule has 128 valence electrons. The van der Waals surface area contributed by atoms with Gasteiger partial charge in [-0.25, -0.2) is 14.3 Å². The van der Waals surface area contributed by atoms with Crippen molar-refractivity contribution in [3.8, 4) is 0 Å². The minimum absolute atomic E-state index is 0.00880. The van der Waals surface area contributed by atoms with Gasteiger partial charge in [-0.1, -0.05) is 0 Å². The van der Waals surface area contributed by atoms with Gasteiger partial charge in [0, 0.05) is 39.1 Å². The van der Waals surface area contributed by atoms with Crippen molar-refractivity contribution in [1.82, 2.24) is 24.6 Å². The van der Waals surface area contributed by atoms with E-state index in [-0.39, 0.29) is 11.7 Å². The lowest BCUT2D eigenvalue weighted by Crippen LogP contribution is -2.43. The second kappa shape index (κ2) is 6.76. The molecule has 0 bridgehead atoms. The van der Waals surface area contributed by atoms with Gasteiger partial charge >= 0.3 is 11.7 Å². The Morgan fingerprint density at radius 2 is 2.22 bits per heavy atom. The molecule has 0 unspecified atom stereocenters. The Morgan fingerprint density at radius 1 is 1.43 bits per heavy atom. The van der Waals surface area contributed by atoms with E-state index in [1.54, 1.807) is 14.1 Å². The molecular formula is C16H27N5O2. The van der Waals surface area contributed by atoms with E-state index < -0.39 is 0 Å². The summed E-state index contributed by atoms with van der Waals surface area (Å²) in [6, 6.07) is 0.276. The number of hydrogen-bond donors (Lipinski definition) is 1. The monoisotopic (exact) mass is 321 g/mol. The molecule has 2 amide bonds. The third-order valence-electron chi connectivity index (χ3n) is 5.09. The molecule has 0 spiro atoms. The lowest BCUT2D eigenvalue weighted by molar-refractivity contribution is 0.187. The SMILES string of the molecule is C[C@H](C1CC1)N(C)C(=O)NCCCn1nc2n(c1=O)CCCC2. The summed E-state index contributed by atoms with van der Waals surface area (Å²) in [5.74, 6) is 1.57. The standard InChI is InChI=1S/C16H27N5O2/c1-12(13-7-8-13)19(2)15(22)17-9-5-11-21-16(23)20-10-4-3-6-14(20)18-21/h12-13H,3-11H2,1-2H3,(H,17,22)/t12-/m1/s1. The molecule has 1 aliphatic heterocycles. The molecule has 7 nitrogen and oxygen atoms in total. The smallest absolute Gasteiger partial charge is 0.338 e. The molecule has 1 saturated carbocycles. The summed E-state index contributed by atoms with van der Waals surface area (Å²) in [5, 5.41) is 7.34. The van der Waals surface area contributed by atoms with Crippen LogP contribution in [-0.4, -0.2) is 44.9 Å². The molecule has 0 radical (unpaired) electrons. The summed E-state index contributed by atoms with van der Waals surface area (Å²) in [4.78, 5) is 26.1. The summed E-state index contributed by atoms with van der Waals surface area (Å²) in [6.07, 6.45) is 6.23. The predicted molar refractivity (Wildman–Crippen MR) is 87.4 cm³/mol. The highest BCUT2D eigenvalue weighted by atomic mass is 16.2. The molecule has 1 atom stereocenters. The molecule has 3 rings (SSSR count). The Balaban J connectivity index is 1.44. The third-order valence-corrected chi connectivity index (χ3v) is 5.09. The van der Waals surface area contributed by atoms with E-state index in [9.17, 15) is 9.59 Å². The number of urea groups is 1. The number of carbonyl (C=O) groups is 1. The molecule has 1 N–H and O–H groups in total. The van der Waals surface area contributed by atoms with Crippen molar-refractivity contribution in [2.45, 2.75) is 64.6 Å². The van der Waals surface area contributed by atoms with E-state index in [1.165, 1.54) is 12.8 Å². The van der Waals surface area contributed by atoms with Gasteiger partial charge in [-0.05, 0) is 44.9 Å². The van der Waals surface area contributed by atoms with Crippen LogP contribution < -0.4 is 11.0 Å². The van der Waals surface area contributed by atoms with Crippen LogP contribution >= 0.6 is 0 Å². The molecule has 1 fully saturated rings. The van der Waals surface area contributed by atoms with Crippen LogP contribution in [0.1, 0.15) is 44.9 Å². The molecule has 7 heteroatoms. The third kappa shape index (κ3) is 3.59. The first-order valence-electron chi connectivity index (χ1n) is 8.75. The largest absolute Gasteiger partial charge is 0.345 e. The van der Waals surface area contributed by atoms with Crippen molar-refractivity contribution in [2.24, 2.45) is 5.92 Å². The average molecular weight is 321 g/mol. The zero-order valence-corrected chi connectivity index (χ0v) is 14.1. The summed E-state index contributed by atoms with van der Waals surface area (Å²) in [7, 11) is 1.85. The molecule has 0 aromatic carbocycles. The first-order chi connectivity index (χ1) is 11.1. The molecule has 1 aliphatic carbocycles. The number of aromatic nitrogens is 3. The number of nitrogens with one attached hydrogen (secondary N) is 1. The van der Waals surface area contributed by atoms with Gasteiger partial charge in [0.2, 0.25) is 0 Å². The Bertz CT molecular complexity index is 616. The fourth-order valence-electron chi connectivity index (χ4n) is 3.22. The van der Waals surface area contributed by atoms with Gasteiger partial charge in [0.05, 0.1) is 0 Å². The van der Waals surface area contributed by atoms with E-state index in [4.69, 9.17) is 0 Å². The van der Waals surface area contributed by atoms with Gasteiger partial charge in [0.1, 0.15) is 5.82 Å². The van der Waals surface area contributed by atoms with Crippen LogP contribution in [0.25, 0.3) is 0 Å². The van der Waals surface area contributed by atoms with Crippen molar-refractivity contribution in [3.63, 3.8) is 0 Å². The first kappa shape index (κ1) is 16.1. The number of amides is 2. The molecule has 1 aromatic rings. The van der Waals surface area contributed by atoms with Crippen molar-refractivity contribution in [1.29, 1.82) is 0 Å². The van der Waals surface area contributed by atoms with Gasteiger partial charge < -0.3 is 10.2 Å². The molecular weight excluding hydrogens is 294 g/mol. The molecule has 1 aromatic heterocycles. The summed E-state index contributed by atoms with van der Waals surface area (Å²) >= 11 is 0. The second-order valence-corrected chi connectivity index (χ2v) is 6.81. The average Bonchev–Trinajstić information content (AvgIpc) is 3.36. The van der Waals surface area contributed by atoms with E-state index in [0.29, 0.717) is 31.5 Å². The highest BCUT2D eigenvalue weighted by molar-refractivity contribution is 5.74. The summed E-state index contributed by atoms with van der Waals surface area (Å²) < 4.78 is 3.33. The maximum atomic E-state index is 12.2. The van der Waals surface area contributed by atoms with Crippen LogP contribution in [0, 0.1) is 5.92 Å². The topological polar surface area (TPSA) is 72.2 Å². The molecule has 23 heavy (non-hydrogen) atoms. The van der Waals surface area contributed by atoms with Crippen molar-refractivity contribution >= 4 is 6.03 Å². The van der Waals surface area contributed by atoms with Crippen LogP contribution in [0.4, 0.5) is 4.79 Å². The van der Waals surface area contributed by atoms with Gasteiger partial charge in [0.25, 0.3) is 0 Å². The van der Waals surface area contributed by atoms with E-state index in [0.717, 1.165) is 31.6 Å². The molecule has 2 aliphatic rings.